The molecule has 0 atom stereocenters. The van der Waals surface area contributed by atoms with E-state index in [2.05, 4.69) is 41.7 Å². The molecule has 0 saturated heterocycles. The molecular weight excluding hydrogens is 324 g/mol. The molecule has 1 aliphatic rings. The Morgan fingerprint density at radius 3 is 2.23 bits per heavy atom. The van der Waals surface area contributed by atoms with Crippen LogP contribution in [0.1, 0.15) is 56.6 Å². The third kappa shape index (κ3) is 3.96. The smallest absolute Gasteiger partial charge is 0.427 e. The molecule has 0 unspecified atom stereocenters. The van der Waals surface area contributed by atoms with Crippen molar-refractivity contribution >= 4 is 11.8 Å². The molecule has 1 amide bonds. The van der Waals surface area contributed by atoms with E-state index in [0.717, 1.165) is 31.4 Å². The van der Waals surface area contributed by atoms with Crippen LogP contribution in [0.25, 0.3) is 11.1 Å². The minimum absolute atomic E-state index is 0.0721. The van der Waals surface area contributed by atoms with E-state index in [-0.39, 0.29) is 5.92 Å². The van der Waals surface area contributed by atoms with E-state index < -0.39 is 6.09 Å². The molecule has 0 aliphatic heterocycles. The lowest BCUT2D eigenvalue weighted by molar-refractivity contribution is 0.143. The van der Waals surface area contributed by atoms with Gasteiger partial charge in [0.05, 0.1) is 0 Å². The molecule has 3 rings (SSSR count). The standard InChI is InChI=1S/C22H26N2O2/c1-3-5-10-16(4-2)23-24-22(25)26-15-21-19-13-8-6-11-17(19)18-12-7-9-14-20(18)21/h6-9,11-14,21H,3-5,10,15H2,1-2H3,(H,24,25)/b23-16-. The Hall–Kier alpha value is -2.62. The van der Waals surface area contributed by atoms with Crippen LogP contribution in [-0.4, -0.2) is 18.4 Å². The Morgan fingerprint density at radius 2 is 1.65 bits per heavy atom. The number of nitrogens with one attached hydrogen (secondary N) is 1. The van der Waals surface area contributed by atoms with Crippen molar-refractivity contribution < 1.29 is 9.53 Å². The lowest BCUT2D eigenvalue weighted by Gasteiger charge is -2.14. The fourth-order valence-corrected chi connectivity index (χ4v) is 3.45. The monoisotopic (exact) mass is 350 g/mol. The van der Waals surface area contributed by atoms with Gasteiger partial charge in [-0.1, -0.05) is 68.8 Å². The number of hydrazone groups is 1. The van der Waals surface area contributed by atoms with Crippen LogP contribution in [0.15, 0.2) is 53.6 Å². The Kier molecular flexibility index (Phi) is 6.05. The second-order valence-corrected chi connectivity index (χ2v) is 6.57. The van der Waals surface area contributed by atoms with Gasteiger partial charge in [-0.25, -0.2) is 10.2 Å². The summed E-state index contributed by atoms with van der Waals surface area (Å²) in [4.78, 5) is 12.1. The predicted octanol–water partition coefficient (Wildman–Crippen LogP) is 5.48. The first-order valence-corrected chi connectivity index (χ1v) is 9.41. The van der Waals surface area contributed by atoms with Crippen LogP contribution >= 0.6 is 0 Å². The van der Waals surface area contributed by atoms with Gasteiger partial charge in [0, 0.05) is 11.6 Å². The van der Waals surface area contributed by atoms with Gasteiger partial charge in [0.15, 0.2) is 0 Å². The summed E-state index contributed by atoms with van der Waals surface area (Å²) in [6.45, 7) is 4.51. The van der Waals surface area contributed by atoms with Gasteiger partial charge >= 0.3 is 6.09 Å². The van der Waals surface area contributed by atoms with E-state index in [1.54, 1.807) is 0 Å². The summed E-state index contributed by atoms with van der Waals surface area (Å²) in [5.41, 5.74) is 8.41. The maximum absolute atomic E-state index is 12.1. The molecule has 0 radical (unpaired) electrons. The van der Waals surface area contributed by atoms with E-state index in [1.807, 2.05) is 31.2 Å². The van der Waals surface area contributed by atoms with Crippen LogP contribution < -0.4 is 5.43 Å². The highest BCUT2D eigenvalue weighted by molar-refractivity contribution is 5.85. The molecule has 2 aromatic carbocycles. The van der Waals surface area contributed by atoms with Crippen LogP contribution in [-0.2, 0) is 4.74 Å². The maximum Gasteiger partial charge on any atom is 0.427 e. The van der Waals surface area contributed by atoms with Gasteiger partial charge in [-0.05, 0) is 41.5 Å². The normalized spacial score (nSPS) is 13.2. The number of amides is 1. The number of carbonyl (C=O) groups is 1. The van der Waals surface area contributed by atoms with Crippen molar-refractivity contribution in [2.75, 3.05) is 6.61 Å². The summed E-state index contributed by atoms with van der Waals surface area (Å²) in [6.07, 6.45) is 3.46. The largest absolute Gasteiger partial charge is 0.447 e. The van der Waals surface area contributed by atoms with Gasteiger partial charge in [0.2, 0.25) is 0 Å². The predicted molar refractivity (Wildman–Crippen MR) is 105 cm³/mol. The van der Waals surface area contributed by atoms with Crippen molar-refractivity contribution in [1.82, 2.24) is 5.43 Å². The molecule has 136 valence electrons. The Morgan fingerprint density at radius 1 is 1.04 bits per heavy atom. The minimum atomic E-state index is -0.491. The lowest BCUT2D eigenvalue weighted by atomic mass is 9.98. The average molecular weight is 350 g/mol. The molecule has 1 aliphatic carbocycles. The van der Waals surface area contributed by atoms with E-state index >= 15 is 0 Å². The fourth-order valence-electron chi connectivity index (χ4n) is 3.45. The number of fused-ring (bicyclic) bond motifs is 3. The SMILES string of the molecule is CCCC/C(CC)=N\NC(=O)OCC1c2ccccc2-c2ccccc21. The number of hydrogen-bond donors (Lipinski definition) is 1. The number of benzene rings is 2. The second-order valence-electron chi connectivity index (χ2n) is 6.57. The van der Waals surface area contributed by atoms with Crippen LogP contribution in [0, 0.1) is 0 Å². The molecule has 0 fully saturated rings. The Balaban J connectivity index is 1.65. The number of hydrogen-bond acceptors (Lipinski definition) is 3. The quantitative estimate of drug-likeness (QED) is 0.531. The van der Waals surface area contributed by atoms with Crippen molar-refractivity contribution in [2.24, 2.45) is 5.10 Å². The van der Waals surface area contributed by atoms with Crippen LogP contribution in [0.3, 0.4) is 0 Å². The molecule has 26 heavy (non-hydrogen) atoms. The van der Waals surface area contributed by atoms with Crippen molar-refractivity contribution in [2.45, 2.75) is 45.4 Å². The van der Waals surface area contributed by atoms with E-state index in [0.29, 0.717) is 6.61 Å². The zero-order valence-corrected chi connectivity index (χ0v) is 15.5. The number of ether oxygens (including phenoxy) is 1. The van der Waals surface area contributed by atoms with Gasteiger partial charge < -0.3 is 4.74 Å². The van der Waals surface area contributed by atoms with E-state index in [9.17, 15) is 4.79 Å². The summed E-state index contributed by atoms with van der Waals surface area (Å²) < 4.78 is 5.48. The second kappa shape index (κ2) is 8.65. The minimum Gasteiger partial charge on any atom is -0.447 e. The van der Waals surface area contributed by atoms with Gasteiger partial charge in [0.25, 0.3) is 0 Å². The van der Waals surface area contributed by atoms with Gasteiger partial charge in [-0.2, -0.15) is 5.10 Å². The number of rotatable bonds is 7. The Labute approximate surface area is 155 Å². The van der Waals surface area contributed by atoms with Crippen molar-refractivity contribution in [1.29, 1.82) is 0 Å². The van der Waals surface area contributed by atoms with Crippen LogP contribution in [0.4, 0.5) is 4.79 Å². The molecule has 4 nitrogen and oxygen atoms in total. The Bertz CT molecular complexity index is 753. The van der Waals surface area contributed by atoms with Gasteiger partial charge in [0.1, 0.15) is 6.61 Å². The molecule has 0 heterocycles. The zero-order chi connectivity index (χ0) is 18.4. The van der Waals surface area contributed by atoms with E-state index in [4.69, 9.17) is 4.74 Å². The summed E-state index contributed by atoms with van der Waals surface area (Å²) >= 11 is 0. The highest BCUT2D eigenvalue weighted by Gasteiger charge is 2.28. The average Bonchev–Trinajstić information content (AvgIpc) is 3.00. The summed E-state index contributed by atoms with van der Waals surface area (Å²) in [5.74, 6) is 0.0721. The van der Waals surface area contributed by atoms with E-state index in [1.165, 1.54) is 22.3 Å². The topological polar surface area (TPSA) is 50.7 Å². The molecule has 1 N–H and O–H groups in total. The number of nitrogens with zero attached hydrogens (tertiary/aromatic N) is 1. The highest BCUT2D eigenvalue weighted by atomic mass is 16.6. The van der Waals surface area contributed by atoms with Crippen LogP contribution in [0.5, 0.6) is 0 Å². The molecule has 0 saturated carbocycles. The molecular formula is C22H26N2O2. The number of carbonyl (C=O) groups excluding carboxylic acids is 1. The first-order chi connectivity index (χ1) is 12.7. The summed E-state index contributed by atoms with van der Waals surface area (Å²) in [5, 5.41) is 4.21. The first-order valence-electron chi connectivity index (χ1n) is 9.41. The first kappa shape index (κ1) is 18.2. The lowest BCUT2D eigenvalue weighted by Crippen LogP contribution is -2.23. The number of unbranched alkanes of at least 4 members (excludes halogenated alkanes) is 1. The molecule has 0 spiro atoms. The fraction of sp³-hybridized carbons (Fsp3) is 0.364. The van der Waals surface area contributed by atoms with Crippen molar-refractivity contribution in [3.63, 3.8) is 0 Å². The van der Waals surface area contributed by atoms with Crippen molar-refractivity contribution in [3.05, 3.63) is 59.7 Å². The van der Waals surface area contributed by atoms with Gasteiger partial charge in [-0.3, -0.25) is 0 Å². The molecule has 0 bridgehead atoms. The molecule has 0 aromatic heterocycles. The zero-order valence-electron chi connectivity index (χ0n) is 15.5. The molecule has 2 aromatic rings. The maximum atomic E-state index is 12.1. The third-order valence-corrected chi connectivity index (χ3v) is 4.88. The molecule has 4 heteroatoms. The van der Waals surface area contributed by atoms with Gasteiger partial charge in [-0.15, -0.1) is 0 Å². The van der Waals surface area contributed by atoms with Crippen molar-refractivity contribution in [3.8, 4) is 11.1 Å². The third-order valence-electron chi connectivity index (χ3n) is 4.88. The summed E-state index contributed by atoms with van der Waals surface area (Å²) in [6, 6.07) is 16.6. The highest BCUT2D eigenvalue weighted by Crippen LogP contribution is 2.44. The van der Waals surface area contributed by atoms with Crippen LogP contribution in [0.2, 0.25) is 0 Å². The summed E-state index contributed by atoms with van der Waals surface area (Å²) in [7, 11) is 0.